The third-order valence-corrected chi connectivity index (χ3v) is 1.87. The number of aliphatic carboxylic acids is 1. The lowest BCUT2D eigenvalue weighted by molar-refractivity contribution is -0.141. The van der Waals surface area contributed by atoms with Crippen LogP contribution in [0.3, 0.4) is 0 Å². The predicted octanol–water partition coefficient (Wildman–Crippen LogP) is 1.93. The van der Waals surface area contributed by atoms with Crippen LogP contribution in [0.4, 0.5) is 0 Å². The molecular formula is C9H12O3. The van der Waals surface area contributed by atoms with Crippen LogP contribution in [0, 0.1) is 5.92 Å². The average Bonchev–Trinajstić information content (AvgIpc) is 2.51. The van der Waals surface area contributed by atoms with E-state index >= 15 is 0 Å². The number of hydrogen-bond donors (Lipinski definition) is 1. The van der Waals surface area contributed by atoms with E-state index in [1.54, 1.807) is 19.5 Å². The molecule has 1 N–H and O–H groups in total. The van der Waals surface area contributed by atoms with Crippen LogP contribution in [0.15, 0.2) is 23.0 Å². The molecule has 0 saturated carbocycles. The molecule has 3 nitrogen and oxygen atoms in total. The lowest BCUT2D eigenvalue weighted by atomic mass is 10.0. The highest BCUT2D eigenvalue weighted by Crippen LogP contribution is 2.09. The summed E-state index contributed by atoms with van der Waals surface area (Å²) in [5, 5.41) is 8.59. The van der Waals surface area contributed by atoms with Crippen LogP contribution in [0.1, 0.15) is 18.9 Å². The van der Waals surface area contributed by atoms with Gasteiger partial charge in [-0.05, 0) is 24.5 Å². The maximum absolute atomic E-state index is 10.4. The van der Waals surface area contributed by atoms with Gasteiger partial charge in [0, 0.05) is 0 Å². The largest absolute Gasteiger partial charge is 0.481 e. The molecule has 1 rings (SSSR count). The van der Waals surface area contributed by atoms with Gasteiger partial charge in [-0.2, -0.15) is 0 Å². The van der Waals surface area contributed by atoms with Gasteiger partial charge in [0.2, 0.25) is 0 Å². The average molecular weight is 168 g/mol. The summed E-state index contributed by atoms with van der Waals surface area (Å²) in [5.74, 6) is -1.02. The van der Waals surface area contributed by atoms with E-state index in [1.807, 2.05) is 6.07 Å². The second-order valence-corrected chi connectivity index (χ2v) is 2.91. The van der Waals surface area contributed by atoms with Crippen molar-refractivity contribution in [1.82, 2.24) is 0 Å². The van der Waals surface area contributed by atoms with E-state index in [-0.39, 0.29) is 5.92 Å². The maximum atomic E-state index is 10.4. The monoisotopic (exact) mass is 168 g/mol. The first kappa shape index (κ1) is 8.84. The van der Waals surface area contributed by atoms with Gasteiger partial charge in [-0.3, -0.25) is 4.79 Å². The van der Waals surface area contributed by atoms with Crippen molar-refractivity contribution in [2.45, 2.75) is 19.8 Å². The van der Waals surface area contributed by atoms with Crippen molar-refractivity contribution in [1.29, 1.82) is 0 Å². The fourth-order valence-corrected chi connectivity index (χ4v) is 0.942. The van der Waals surface area contributed by atoms with Crippen LogP contribution in [0.5, 0.6) is 0 Å². The Balaban J connectivity index is 2.31. The molecule has 0 aliphatic heterocycles. The number of hydrogen-bond acceptors (Lipinski definition) is 2. The van der Waals surface area contributed by atoms with Crippen molar-refractivity contribution >= 4 is 5.97 Å². The van der Waals surface area contributed by atoms with Gasteiger partial charge < -0.3 is 9.52 Å². The van der Waals surface area contributed by atoms with Crippen LogP contribution in [0.2, 0.25) is 0 Å². The molecule has 0 radical (unpaired) electrons. The lowest BCUT2D eigenvalue weighted by Gasteiger charge is -2.02. The summed E-state index contributed by atoms with van der Waals surface area (Å²) in [5.41, 5.74) is 1.06. The van der Waals surface area contributed by atoms with Crippen molar-refractivity contribution < 1.29 is 14.3 Å². The van der Waals surface area contributed by atoms with Crippen molar-refractivity contribution in [3.63, 3.8) is 0 Å². The lowest BCUT2D eigenvalue weighted by Crippen LogP contribution is -2.09. The minimum absolute atomic E-state index is 0.278. The fourth-order valence-electron chi connectivity index (χ4n) is 0.942. The summed E-state index contributed by atoms with van der Waals surface area (Å²) in [6, 6.07) is 1.86. The summed E-state index contributed by atoms with van der Waals surface area (Å²) in [6.07, 6.45) is 4.67. The van der Waals surface area contributed by atoms with E-state index in [4.69, 9.17) is 9.52 Å². The van der Waals surface area contributed by atoms with Crippen LogP contribution < -0.4 is 0 Å². The van der Waals surface area contributed by atoms with Gasteiger partial charge in [0.25, 0.3) is 0 Å². The normalized spacial score (nSPS) is 12.8. The standard InChI is InChI=1S/C9H12O3/c1-7(9(10)11)2-3-8-4-5-12-6-8/h4-7H,2-3H2,1H3,(H,10,11). The molecule has 0 aromatic carbocycles. The molecule has 0 bridgehead atoms. The van der Waals surface area contributed by atoms with Crippen LogP contribution in [0.25, 0.3) is 0 Å². The Morgan fingerprint density at radius 3 is 3.00 bits per heavy atom. The van der Waals surface area contributed by atoms with E-state index < -0.39 is 5.97 Å². The molecule has 12 heavy (non-hydrogen) atoms. The Morgan fingerprint density at radius 1 is 1.75 bits per heavy atom. The van der Waals surface area contributed by atoms with Crippen LogP contribution in [-0.2, 0) is 11.2 Å². The third-order valence-electron chi connectivity index (χ3n) is 1.87. The first-order valence-corrected chi connectivity index (χ1v) is 3.94. The topological polar surface area (TPSA) is 50.4 Å². The van der Waals surface area contributed by atoms with E-state index in [2.05, 4.69) is 0 Å². The minimum Gasteiger partial charge on any atom is -0.481 e. The van der Waals surface area contributed by atoms with Gasteiger partial charge in [-0.25, -0.2) is 0 Å². The molecule has 0 fully saturated rings. The Bertz CT molecular complexity index is 238. The van der Waals surface area contributed by atoms with Crippen LogP contribution >= 0.6 is 0 Å². The molecule has 66 valence electrons. The SMILES string of the molecule is CC(CCc1ccoc1)C(=O)O. The van der Waals surface area contributed by atoms with Gasteiger partial charge >= 0.3 is 5.97 Å². The molecule has 0 aliphatic carbocycles. The Labute approximate surface area is 71.0 Å². The molecule has 0 saturated heterocycles. The maximum Gasteiger partial charge on any atom is 0.306 e. The first-order chi connectivity index (χ1) is 5.70. The van der Waals surface area contributed by atoms with Crippen molar-refractivity contribution in [2.75, 3.05) is 0 Å². The Kier molecular flexibility index (Phi) is 2.91. The van der Waals surface area contributed by atoms with Gasteiger partial charge in [0.05, 0.1) is 18.4 Å². The predicted molar refractivity (Wildman–Crippen MR) is 43.8 cm³/mol. The minimum atomic E-state index is -0.738. The summed E-state index contributed by atoms with van der Waals surface area (Å²) in [7, 11) is 0. The molecule has 0 spiro atoms. The highest BCUT2D eigenvalue weighted by Gasteiger charge is 2.10. The number of rotatable bonds is 4. The number of aryl methyl sites for hydroxylation is 1. The summed E-state index contributed by atoms with van der Waals surface area (Å²) >= 11 is 0. The van der Waals surface area contributed by atoms with E-state index in [1.165, 1.54) is 0 Å². The first-order valence-electron chi connectivity index (χ1n) is 3.94. The number of carboxylic acid groups (broad SMARTS) is 1. The number of carbonyl (C=O) groups is 1. The van der Waals surface area contributed by atoms with Gasteiger partial charge in [0.15, 0.2) is 0 Å². The zero-order valence-electron chi connectivity index (χ0n) is 6.99. The smallest absolute Gasteiger partial charge is 0.306 e. The molecule has 0 amide bonds. The van der Waals surface area contributed by atoms with E-state index in [9.17, 15) is 4.79 Å². The van der Waals surface area contributed by atoms with Crippen LogP contribution in [-0.4, -0.2) is 11.1 Å². The van der Waals surface area contributed by atoms with Gasteiger partial charge in [-0.15, -0.1) is 0 Å². The second-order valence-electron chi connectivity index (χ2n) is 2.91. The summed E-state index contributed by atoms with van der Waals surface area (Å²) < 4.78 is 4.86. The highest BCUT2D eigenvalue weighted by molar-refractivity contribution is 5.69. The Morgan fingerprint density at radius 2 is 2.50 bits per heavy atom. The van der Waals surface area contributed by atoms with Crippen molar-refractivity contribution in [3.8, 4) is 0 Å². The second kappa shape index (κ2) is 3.95. The van der Waals surface area contributed by atoms with Crippen molar-refractivity contribution in [2.24, 2.45) is 5.92 Å². The molecule has 1 atom stereocenters. The zero-order valence-corrected chi connectivity index (χ0v) is 6.99. The molecule has 1 heterocycles. The van der Waals surface area contributed by atoms with E-state index in [0.717, 1.165) is 12.0 Å². The summed E-state index contributed by atoms with van der Waals surface area (Å²) in [6.45, 7) is 1.71. The Hall–Kier alpha value is -1.25. The molecule has 0 aliphatic rings. The molecular weight excluding hydrogens is 156 g/mol. The zero-order chi connectivity index (χ0) is 8.97. The third kappa shape index (κ3) is 2.42. The van der Waals surface area contributed by atoms with Gasteiger partial charge in [-0.1, -0.05) is 6.92 Å². The molecule has 1 aromatic rings. The quantitative estimate of drug-likeness (QED) is 0.747. The van der Waals surface area contributed by atoms with E-state index in [0.29, 0.717) is 6.42 Å². The number of furan rings is 1. The summed E-state index contributed by atoms with van der Waals surface area (Å²) in [4.78, 5) is 10.4. The fraction of sp³-hybridized carbons (Fsp3) is 0.444. The van der Waals surface area contributed by atoms with Gasteiger partial charge in [0.1, 0.15) is 0 Å². The molecule has 3 heteroatoms. The molecule has 1 aromatic heterocycles. The molecule has 1 unspecified atom stereocenters. The van der Waals surface area contributed by atoms with Crippen molar-refractivity contribution in [3.05, 3.63) is 24.2 Å². The number of carboxylic acids is 1. The highest BCUT2D eigenvalue weighted by atomic mass is 16.4.